The summed E-state index contributed by atoms with van der Waals surface area (Å²) in [5, 5.41) is 6.83. The SMILES string of the molecule is CCNC(=NCC(C)C)NCC(c1ccco1)N1CCCCC1.I. The Hall–Kier alpha value is -0.760. The third-order valence-corrected chi connectivity index (χ3v) is 4.12. The molecule has 0 bridgehead atoms. The van der Waals surface area contributed by atoms with Gasteiger partial charge < -0.3 is 15.1 Å². The lowest BCUT2D eigenvalue weighted by Crippen LogP contribution is -2.44. The van der Waals surface area contributed by atoms with Gasteiger partial charge in [0.25, 0.3) is 0 Å². The fraction of sp³-hybridized carbons (Fsp3) is 0.722. The van der Waals surface area contributed by atoms with Gasteiger partial charge in [-0.1, -0.05) is 20.3 Å². The van der Waals surface area contributed by atoms with Crippen LogP contribution < -0.4 is 10.6 Å². The maximum Gasteiger partial charge on any atom is 0.191 e. The van der Waals surface area contributed by atoms with Crippen LogP contribution in [0, 0.1) is 5.92 Å². The van der Waals surface area contributed by atoms with E-state index < -0.39 is 0 Å². The lowest BCUT2D eigenvalue weighted by atomic mass is 10.1. The maximum absolute atomic E-state index is 5.70. The van der Waals surface area contributed by atoms with E-state index in [1.807, 2.05) is 6.07 Å². The number of halogens is 1. The van der Waals surface area contributed by atoms with Gasteiger partial charge >= 0.3 is 0 Å². The lowest BCUT2D eigenvalue weighted by molar-refractivity contribution is 0.146. The van der Waals surface area contributed by atoms with Crippen LogP contribution in [-0.4, -0.2) is 43.6 Å². The molecule has 0 aliphatic carbocycles. The molecule has 1 aromatic rings. The number of piperidine rings is 1. The summed E-state index contributed by atoms with van der Waals surface area (Å²) in [6.07, 6.45) is 5.66. The molecule has 5 nitrogen and oxygen atoms in total. The van der Waals surface area contributed by atoms with Crippen LogP contribution in [0.15, 0.2) is 27.8 Å². The molecule has 1 aliphatic heterocycles. The summed E-state index contributed by atoms with van der Waals surface area (Å²) < 4.78 is 5.70. The first kappa shape index (κ1) is 21.3. The van der Waals surface area contributed by atoms with Crippen molar-refractivity contribution < 1.29 is 4.42 Å². The van der Waals surface area contributed by atoms with E-state index in [4.69, 9.17) is 4.42 Å². The predicted octanol–water partition coefficient (Wildman–Crippen LogP) is 3.64. The summed E-state index contributed by atoms with van der Waals surface area (Å²) in [5.74, 6) is 2.50. The molecule has 138 valence electrons. The van der Waals surface area contributed by atoms with Gasteiger partial charge in [-0.15, -0.1) is 24.0 Å². The molecule has 24 heavy (non-hydrogen) atoms. The summed E-state index contributed by atoms with van der Waals surface area (Å²) in [7, 11) is 0. The zero-order valence-corrected chi connectivity index (χ0v) is 17.6. The van der Waals surface area contributed by atoms with Gasteiger partial charge in [-0.05, 0) is 50.9 Å². The van der Waals surface area contributed by atoms with Crippen molar-refractivity contribution in [1.29, 1.82) is 0 Å². The van der Waals surface area contributed by atoms with Crippen LogP contribution in [0.1, 0.15) is 51.8 Å². The molecule has 0 amide bonds. The van der Waals surface area contributed by atoms with E-state index in [0.717, 1.165) is 44.4 Å². The van der Waals surface area contributed by atoms with Gasteiger partial charge in [0.2, 0.25) is 0 Å². The summed E-state index contributed by atoms with van der Waals surface area (Å²) in [4.78, 5) is 7.19. The molecule has 0 spiro atoms. The second-order valence-electron chi connectivity index (χ2n) is 6.62. The predicted molar refractivity (Wildman–Crippen MR) is 111 cm³/mol. The van der Waals surface area contributed by atoms with Crippen LogP contribution in [0.4, 0.5) is 0 Å². The van der Waals surface area contributed by atoms with Crippen LogP contribution in [-0.2, 0) is 0 Å². The van der Waals surface area contributed by atoms with Crippen molar-refractivity contribution in [3.8, 4) is 0 Å². The molecule has 1 saturated heterocycles. The molecule has 0 aromatic carbocycles. The highest BCUT2D eigenvalue weighted by molar-refractivity contribution is 14.0. The monoisotopic (exact) mass is 448 g/mol. The van der Waals surface area contributed by atoms with Crippen molar-refractivity contribution >= 4 is 29.9 Å². The van der Waals surface area contributed by atoms with Gasteiger partial charge in [-0.3, -0.25) is 9.89 Å². The molecule has 0 saturated carbocycles. The minimum Gasteiger partial charge on any atom is -0.468 e. The van der Waals surface area contributed by atoms with E-state index in [-0.39, 0.29) is 30.0 Å². The molecule has 1 aliphatic rings. The Kier molecular flexibility index (Phi) is 10.4. The second kappa shape index (κ2) is 11.7. The van der Waals surface area contributed by atoms with Gasteiger partial charge in [0.1, 0.15) is 5.76 Å². The largest absolute Gasteiger partial charge is 0.468 e. The fourth-order valence-corrected chi connectivity index (χ4v) is 2.93. The smallest absolute Gasteiger partial charge is 0.191 e. The van der Waals surface area contributed by atoms with E-state index in [1.54, 1.807) is 6.26 Å². The number of hydrogen-bond donors (Lipinski definition) is 2. The van der Waals surface area contributed by atoms with Crippen molar-refractivity contribution in [2.45, 2.75) is 46.1 Å². The number of furan rings is 1. The number of rotatable bonds is 7. The Morgan fingerprint density at radius 3 is 2.58 bits per heavy atom. The fourth-order valence-electron chi connectivity index (χ4n) is 2.93. The first-order chi connectivity index (χ1) is 11.2. The molecule has 1 fully saturated rings. The number of guanidine groups is 1. The topological polar surface area (TPSA) is 52.8 Å². The van der Waals surface area contributed by atoms with Crippen LogP contribution in [0.2, 0.25) is 0 Å². The quantitative estimate of drug-likeness (QED) is 0.380. The Balaban J connectivity index is 0.00000288. The van der Waals surface area contributed by atoms with Crippen LogP contribution >= 0.6 is 24.0 Å². The molecule has 1 aromatic heterocycles. The summed E-state index contributed by atoms with van der Waals surface area (Å²) in [6, 6.07) is 4.33. The minimum absolute atomic E-state index is 0. The average molecular weight is 448 g/mol. The molecule has 2 N–H and O–H groups in total. The Morgan fingerprint density at radius 2 is 2.00 bits per heavy atom. The first-order valence-electron chi connectivity index (χ1n) is 9.00. The average Bonchev–Trinajstić information content (AvgIpc) is 3.08. The third kappa shape index (κ3) is 7.01. The van der Waals surface area contributed by atoms with Crippen LogP contribution in [0.3, 0.4) is 0 Å². The molecule has 6 heteroatoms. The van der Waals surface area contributed by atoms with Gasteiger partial charge in [0, 0.05) is 19.6 Å². The molecule has 2 heterocycles. The van der Waals surface area contributed by atoms with Crippen molar-refractivity contribution in [1.82, 2.24) is 15.5 Å². The van der Waals surface area contributed by atoms with E-state index in [2.05, 4.69) is 47.4 Å². The van der Waals surface area contributed by atoms with Gasteiger partial charge in [0.15, 0.2) is 5.96 Å². The zero-order valence-electron chi connectivity index (χ0n) is 15.3. The maximum atomic E-state index is 5.70. The van der Waals surface area contributed by atoms with E-state index in [1.165, 1.54) is 19.3 Å². The van der Waals surface area contributed by atoms with Gasteiger partial charge in [-0.25, -0.2) is 0 Å². The van der Waals surface area contributed by atoms with Crippen molar-refractivity contribution in [3.05, 3.63) is 24.2 Å². The molecule has 2 rings (SSSR count). The summed E-state index contributed by atoms with van der Waals surface area (Å²) in [6.45, 7) is 11.3. The molecular weight excluding hydrogens is 415 g/mol. The summed E-state index contributed by atoms with van der Waals surface area (Å²) >= 11 is 0. The first-order valence-corrected chi connectivity index (χ1v) is 9.00. The Bertz CT molecular complexity index is 456. The van der Waals surface area contributed by atoms with Crippen LogP contribution in [0.5, 0.6) is 0 Å². The Morgan fingerprint density at radius 1 is 1.25 bits per heavy atom. The second-order valence-corrected chi connectivity index (χ2v) is 6.62. The van der Waals surface area contributed by atoms with E-state index in [9.17, 15) is 0 Å². The van der Waals surface area contributed by atoms with Crippen molar-refractivity contribution in [2.75, 3.05) is 32.7 Å². The molecule has 1 atom stereocenters. The van der Waals surface area contributed by atoms with Gasteiger partial charge in [0.05, 0.1) is 12.3 Å². The number of aliphatic imine (C=N–C) groups is 1. The normalized spacial score (nSPS) is 17.4. The molecule has 1 unspecified atom stereocenters. The highest BCUT2D eigenvalue weighted by Gasteiger charge is 2.24. The molecule has 0 radical (unpaired) electrons. The number of likely N-dealkylation sites (tertiary alicyclic amines) is 1. The number of hydrogen-bond acceptors (Lipinski definition) is 3. The number of nitrogens with zero attached hydrogens (tertiary/aromatic N) is 2. The number of nitrogens with one attached hydrogen (secondary N) is 2. The zero-order chi connectivity index (χ0) is 16.5. The van der Waals surface area contributed by atoms with E-state index in [0.29, 0.717) is 5.92 Å². The standard InChI is InChI=1S/C18H32N4O.HI/c1-4-19-18(20-13-15(2)3)21-14-16(17-9-8-12-23-17)22-10-6-5-7-11-22;/h8-9,12,15-16H,4-7,10-11,13-14H2,1-3H3,(H2,19,20,21);1H. The van der Waals surface area contributed by atoms with E-state index >= 15 is 0 Å². The lowest BCUT2D eigenvalue weighted by Gasteiger charge is -2.33. The highest BCUT2D eigenvalue weighted by Crippen LogP contribution is 2.24. The Labute approximate surface area is 163 Å². The minimum atomic E-state index is 0. The van der Waals surface area contributed by atoms with Crippen LogP contribution in [0.25, 0.3) is 0 Å². The summed E-state index contributed by atoms with van der Waals surface area (Å²) in [5.41, 5.74) is 0. The third-order valence-electron chi connectivity index (χ3n) is 4.12. The van der Waals surface area contributed by atoms with Crippen molar-refractivity contribution in [3.63, 3.8) is 0 Å². The highest BCUT2D eigenvalue weighted by atomic mass is 127. The molecular formula is C18H33IN4O. The van der Waals surface area contributed by atoms with Gasteiger partial charge in [-0.2, -0.15) is 0 Å². The van der Waals surface area contributed by atoms with Crippen molar-refractivity contribution in [2.24, 2.45) is 10.9 Å².